The van der Waals surface area contributed by atoms with Crippen molar-refractivity contribution >= 4 is 55.1 Å². The van der Waals surface area contributed by atoms with Gasteiger partial charge in [0.1, 0.15) is 54.7 Å². The second-order valence-corrected chi connectivity index (χ2v) is 33.7. The lowest BCUT2D eigenvalue weighted by atomic mass is 9.57. The number of halogens is 2. The number of rotatable bonds is 35. The number of piperidine rings is 1. The van der Waals surface area contributed by atoms with Crippen LogP contribution >= 0.6 is 23.2 Å². The Morgan fingerprint density at radius 2 is 0.963 bits per heavy atom. The van der Waals surface area contributed by atoms with E-state index in [-0.39, 0.29) is 67.4 Å². The second-order valence-electron chi connectivity index (χ2n) is 29.2. The molecule has 4 aromatic carbocycles. The van der Waals surface area contributed by atoms with Crippen LogP contribution in [-0.4, -0.2) is 213 Å². The molecule has 1 aliphatic heterocycles. The molecule has 8 aliphatic rings. The van der Waals surface area contributed by atoms with E-state index in [1.165, 1.54) is 16.4 Å². The smallest absolute Gasteiger partial charge is 0.246 e. The fraction of sp³-hybridized carbons (Fsp3) is 0.526. The summed E-state index contributed by atoms with van der Waals surface area (Å²) in [5, 5.41) is 102. The summed E-state index contributed by atoms with van der Waals surface area (Å²) in [5.41, 5.74) is 4.20. The molecule has 7 saturated carbocycles. The van der Waals surface area contributed by atoms with Gasteiger partial charge < -0.3 is 85.4 Å². The number of nitrogens with zero attached hydrogens (tertiary/aromatic N) is 3. The molecule has 8 atom stereocenters. The van der Waals surface area contributed by atoms with Crippen LogP contribution in [0.3, 0.4) is 0 Å². The summed E-state index contributed by atoms with van der Waals surface area (Å²) in [6.07, 6.45) is 4.11. The van der Waals surface area contributed by atoms with Crippen molar-refractivity contribution in [2.45, 2.75) is 210 Å². The number of aliphatic hydroxyl groups is 10. The molecule has 580 valence electrons. The molecule has 2 amide bonds. The summed E-state index contributed by atoms with van der Waals surface area (Å²) in [4.78, 5) is 34.5. The zero-order chi connectivity index (χ0) is 76.1. The lowest BCUT2D eigenvalue weighted by Crippen LogP contribution is -2.60. The highest BCUT2D eigenvalue weighted by molar-refractivity contribution is 7.89. The number of aromatic nitrogens is 2. The van der Waals surface area contributed by atoms with Gasteiger partial charge in [-0.1, -0.05) is 59.6 Å². The number of benzene rings is 4. The van der Waals surface area contributed by atoms with Crippen molar-refractivity contribution in [3.63, 3.8) is 0 Å². The Balaban J connectivity index is 0.000000200. The van der Waals surface area contributed by atoms with Gasteiger partial charge in [0.05, 0.1) is 77.9 Å². The molecule has 0 unspecified atom stereocenters. The van der Waals surface area contributed by atoms with Gasteiger partial charge in [0, 0.05) is 94.2 Å². The lowest BCUT2D eigenvalue weighted by molar-refractivity contribution is -0.140. The van der Waals surface area contributed by atoms with E-state index in [1.807, 2.05) is 73.1 Å². The first kappa shape index (κ1) is 80.1. The van der Waals surface area contributed by atoms with E-state index in [2.05, 4.69) is 25.3 Å². The van der Waals surface area contributed by atoms with E-state index in [0.717, 1.165) is 96.2 Å². The number of sulfonamides is 2. The minimum Gasteiger partial charge on any atom is -0.490 e. The number of hydrogen-bond acceptors (Lipinski definition) is 23. The Kier molecular flexibility index (Phi) is 25.5. The first-order valence-electron chi connectivity index (χ1n) is 36.3. The van der Waals surface area contributed by atoms with E-state index in [9.17, 15) is 67.3 Å². The van der Waals surface area contributed by atoms with E-state index >= 15 is 0 Å². The monoisotopic (exact) mass is 1560 g/mol. The Labute approximate surface area is 631 Å². The number of ether oxygens (including phenoxy) is 5. The second kappa shape index (κ2) is 34.1. The van der Waals surface area contributed by atoms with Crippen LogP contribution in [0.15, 0.2) is 132 Å². The van der Waals surface area contributed by atoms with Crippen LogP contribution in [0.2, 0.25) is 10.0 Å². The van der Waals surface area contributed by atoms with Crippen LogP contribution in [0.25, 0.3) is 22.3 Å². The van der Waals surface area contributed by atoms with Crippen molar-refractivity contribution in [3.05, 3.63) is 154 Å². The number of nitrogens with one attached hydrogen (secondary N) is 3. The third-order valence-electron chi connectivity index (χ3n) is 21.6. The SMILES string of the molecule is O=C(COC1CCN(S(=O)(=O)c2ccc(Cl)c(COC3(c4cnccc4-c4ccccc4OC4CC4)CC3)c2)CC1)NC[C@H](O)[C@@H](O)[C@H](O)[C@H](O)CO.O=C(NC[C@H](O)[C@@H](O)[C@H](O)[C@H](O)CO)C12CCC(NS(=O)(=O)c3ccc(Cl)c(COC4(c5cnccc5-c5ccccc5OC5CC5)CC4)c3)(CC1)CC2. The average Bonchev–Trinajstić information content (AvgIpc) is 1.63. The van der Waals surface area contributed by atoms with Crippen molar-refractivity contribution < 1.29 is 101 Å². The van der Waals surface area contributed by atoms with Crippen LogP contribution in [0.1, 0.15) is 125 Å². The number of aliphatic hydroxyl groups excluding tert-OH is 10. The van der Waals surface area contributed by atoms with Gasteiger partial charge in [-0.3, -0.25) is 19.6 Å². The Bertz CT molecular complexity index is 4310. The van der Waals surface area contributed by atoms with Crippen LogP contribution in [0.4, 0.5) is 0 Å². The summed E-state index contributed by atoms with van der Waals surface area (Å²) in [6.45, 7) is -2.28. The summed E-state index contributed by atoms with van der Waals surface area (Å²) < 4.78 is 90.7. The first-order chi connectivity index (χ1) is 51.2. The Hall–Kier alpha value is -6.40. The molecule has 1 saturated heterocycles. The minimum absolute atomic E-state index is 0.0687. The summed E-state index contributed by atoms with van der Waals surface area (Å²) in [6, 6.07) is 29.1. The molecule has 3 heterocycles. The number of para-hydroxylation sites is 2. The van der Waals surface area contributed by atoms with Crippen molar-refractivity contribution in [3.8, 4) is 33.8 Å². The Morgan fingerprint density at radius 3 is 1.42 bits per heavy atom. The van der Waals surface area contributed by atoms with Crippen LogP contribution < -0.4 is 24.8 Å². The molecule has 2 aromatic heterocycles. The topological polar surface area (TPSA) is 416 Å². The van der Waals surface area contributed by atoms with Crippen molar-refractivity contribution in [2.75, 3.05) is 46.0 Å². The third-order valence-corrected chi connectivity index (χ3v) is 25.8. The predicted octanol–water partition coefficient (Wildman–Crippen LogP) is 4.94. The van der Waals surface area contributed by atoms with Crippen molar-refractivity contribution in [2.24, 2.45) is 5.41 Å². The average molecular weight is 1560 g/mol. The highest BCUT2D eigenvalue weighted by Gasteiger charge is 2.55. The molecule has 13 N–H and O–H groups in total. The van der Waals surface area contributed by atoms with Gasteiger partial charge in [-0.2, -0.15) is 4.31 Å². The molecule has 7 aliphatic carbocycles. The van der Waals surface area contributed by atoms with Gasteiger partial charge >= 0.3 is 0 Å². The molecule has 31 heteroatoms. The molecule has 107 heavy (non-hydrogen) atoms. The van der Waals surface area contributed by atoms with Gasteiger partial charge in [-0.25, -0.2) is 21.6 Å². The quantitative estimate of drug-likeness (QED) is 0.0250. The molecular formula is C76H94Cl2N6O21S2. The largest absolute Gasteiger partial charge is 0.490 e. The van der Waals surface area contributed by atoms with E-state index in [0.29, 0.717) is 72.5 Å². The van der Waals surface area contributed by atoms with Crippen molar-refractivity contribution in [1.29, 1.82) is 0 Å². The van der Waals surface area contributed by atoms with Gasteiger partial charge in [0.15, 0.2) is 0 Å². The lowest BCUT2D eigenvalue weighted by Gasteiger charge is -2.52. The number of carbonyl (C=O) groups is 2. The maximum atomic E-state index is 13.9. The normalized spacial score (nSPS) is 22.7. The van der Waals surface area contributed by atoms with Crippen LogP contribution in [0, 0.1) is 5.41 Å². The number of carbonyl (C=O) groups excluding carboxylic acids is 2. The maximum absolute atomic E-state index is 13.9. The molecule has 14 rings (SSSR count). The van der Waals surface area contributed by atoms with Crippen LogP contribution in [-0.2, 0) is 68.3 Å². The Morgan fingerprint density at radius 1 is 0.523 bits per heavy atom. The molecule has 0 radical (unpaired) electrons. The molecule has 0 spiro atoms. The summed E-state index contributed by atoms with van der Waals surface area (Å²) in [7, 11) is -7.87. The van der Waals surface area contributed by atoms with Crippen LogP contribution in [0.5, 0.6) is 11.5 Å². The summed E-state index contributed by atoms with van der Waals surface area (Å²) in [5.74, 6) is 0.725. The highest BCUT2D eigenvalue weighted by Crippen LogP contribution is 2.56. The van der Waals surface area contributed by atoms with E-state index in [4.69, 9.17) is 57.1 Å². The van der Waals surface area contributed by atoms with Gasteiger partial charge in [-0.15, -0.1) is 0 Å². The molecule has 6 aromatic rings. The zero-order valence-electron chi connectivity index (χ0n) is 59.0. The molecule has 27 nitrogen and oxygen atoms in total. The first-order valence-corrected chi connectivity index (χ1v) is 40.0. The predicted molar refractivity (Wildman–Crippen MR) is 390 cm³/mol. The number of amides is 2. The minimum atomic E-state index is -3.99. The fourth-order valence-corrected chi connectivity index (χ4v) is 17.6. The number of pyridine rings is 2. The van der Waals surface area contributed by atoms with E-state index < -0.39 is 123 Å². The summed E-state index contributed by atoms with van der Waals surface area (Å²) >= 11 is 13.2. The number of hydrogen-bond donors (Lipinski definition) is 13. The molecule has 8 fully saturated rings. The third kappa shape index (κ3) is 19.0. The van der Waals surface area contributed by atoms with Gasteiger partial charge in [-0.05, 0) is 186 Å². The maximum Gasteiger partial charge on any atom is 0.246 e. The van der Waals surface area contributed by atoms with Gasteiger partial charge in [0.2, 0.25) is 31.9 Å². The zero-order valence-corrected chi connectivity index (χ0v) is 62.1. The number of fused-ring (bicyclic) bond motifs is 3. The van der Waals surface area contributed by atoms with E-state index in [1.54, 1.807) is 36.7 Å². The molecule has 2 bridgehead atoms. The van der Waals surface area contributed by atoms with Gasteiger partial charge in [0.25, 0.3) is 0 Å². The standard InChI is InChI=1S/C39H48ClN3O10S.C37H46ClN3O11S/c40-30-8-7-26(19-24(30)23-52-39(16-17-39)29-20-41-18-9-27(29)28-3-1-2-4-33(28)53-25-5-6-25)54(50,51)43-38-13-10-37(11-14-38,12-15-38)36(49)42-21-31(45)34(47)35(48)32(46)22-44;38-30-8-7-26(53(48,49)41-15-10-24(11-16-41)50-22-34(45)40-19-31(43)35(46)36(47)32(44)20-42)17-23(30)21-51-37(12-13-37)29-18-39-14-9-27(29)28-3-1-2-4-33(28)52-25-5-6-25/h1-4,7-9,18-20,25,31-32,34-35,43-48H,5-6,10-17,21-23H2,(H,42,49);1-4,7-9,14,17-18,24-25,31-32,35-36,42-44,46-47H,5-6,10-13,15-16,19-22H2,(H,40,45)/t31-,32+,34+,35+,37?,38?;31-,32+,35+,36+/m00/s1. The fourth-order valence-electron chi connectivity index (χ4n) is 14.2. The molecular weight excluding hydrogens is 1470 g/mol. The highest BCUT2D eigenvalue weighted by atomic mass is 35.5. The van der Waals surface area contributed by atoms with Crippen molar-refractivity contribution in [1.82, 2.24) is 29.6 Å².